The fraction of sp³-hybridized carbons (Fsp3) is 0.333. The van der Waals surface area contributed by atoms with Crippen molar-refractivity contribution in [2.45, 2.75) is 23.8 Å². The Morgan fingerprint density at radius 3 is 2.80 bits per heavy atom. The number of sulfonamides is 1. The van der Waals surface area contributed by atoms with Gasteiger partial charge in [-0.15, -0.1) is 0 Å². The second kappa shape index (κ2) is 9.05. The van der Waals surface area contributed by atoms with E-state index >= 15 is 0 Å². The van der Waals surface area contributed by atoms with Crippen molar-refractivity contribution in [1.82, 2.24) is 10.3 Å². The highest BCUT2D eigenvalue weighted by Crippen LogP contribution is 2.27. The maximum absolute atomic E-state index is 12.2. The SMILES string of the molecule is NS(=O)(=O)c1ccc(NCCC(=O)NC2CCN(c3ccccn3)C2)c([N+](=O)[O-])c1. The molecule has 11 nitrogen and oxygen atoms in total. The van der Waals surface area contributed by atoms with Crippen molar-refractivity contribution in [2.75, 3.05) is 29.9 Å². The number of carbonyl (C=O) groups is 1. The summed E-state index contributed by atoms with van der Waals surface area (Å²) in [5.41, 5.74) is -0.314. The average molecular weight is 434 g/mol. The van der Waals surface area contributed by atoms with Crippen molar-refractivity contribution < 1.29 is 18.1 Å². The van der Waals surface area contributed by atoms with E-state index in [0.29, 0.717) is 6.54 Å². The fourth-order valence-corrected chi connectivity index (χ4v) is 3.76. The first-order valence-corrected chi connectivity index (χ1v) is 10.8. The molecule has 4 N–H and O–H groups in total. The third-order valence-corrected chi connectivity index (χ3v) is 5.60. The number of anilines is 2. The van der Waals surface area contributed by atoms with Gasteiger partial charge in [-0.25, -0.2) is 18.5 Å². The molecule has 3 rings (SSSR count). The fourth-order valence-electron chi connectivity index (χ4n) is 3.23. The third-order valence-electron chi connectivity index (χ3n) is 4.69. The van der Waals surface area contributed by atoms with Crippen LogP contribution in [0.15, 0.2) is 47.5 Å². The van der Waals surface area contributed by atoms with Crippen LogP contribution in [0.3, 0.4) is 0 Å². The molecule has 160 valence electrons. The van der Waals surface area contributed by atoms with E-state index in [2.05, 4.69) is 20.5 Å². The molecule has 1 aromatic heterocycles. The van der Waals surface area contributed by atoms with Crippen LogP contribution in [-0.2, 0) is 14.8 Å². The lowest BCUT2D eigenvalue weighted by Crippen LogP contribution is -2.37. The van der Waals surface area contributed by atoms with Gasteiger partial charge in [-0.1, -0.05) is 6.07 Å². The molecule has 1 saturated heterocycles. The minimum atomic E-state index is -4.05. The number of hydrogen-bond acceptors (Lipinski definition) is 8. The van der Waals surface area contributed by atoms with Crippen molar-refractivity contribution in [3.05, 3.63) is 52.7 Å². The topological polar surface area (TPSA) is 161 Å². The molecule has 2 aromatic rings. The van der Waals surface area contributed by atoms with Gasteiger partial charge < -0.3 is 15.5 Å². The van der Waals surface area contributed by atoms with Gasteiger partial charge in [-0.2, -0.15) is 0 Å². The maximum atomic E-state index is 12.2. The number of aromatic nitrogens is 1. The van der Waals surface area contributed by atoms with Gasteiger partial charge in [0.25, 0.3) is 5.69 Å². The smallest absolute Gasteiger partial charge is 0.293 e. The molecule has 0 radical (unpaired) electrons. The van der Waals surface area contributed by atoms with E-state index in [0.717, 1.165) is 24.8 Å². The Morgan fingerprint density at radius 2 is 2.13 bits per heavy atom. The molecule has 30 heavy (non-hydrogen) atoms. The van der Waals surface area contributed by atoms with Crippen LogP contribution in [0.2, 0.25) is 0 Å². The van der Waals surface area contributed by atoms with Gasteiger partial charge in [0, 0.05) is 44.4 Å². The highest BCUT2D eigenvalue weighted by molar-refractivity contribution is 7.89. The van der Waals surface area contributed by atoms with Gasteiger partial charge in [0.1, 0.15) is 11.5 Å². The Hall–Kier alpha value is -3.25. The number of nitrogens with zero attached hydrogens (tertiary/aromatic N) is 3. The Morgan fingerprint density at radius 1 is 1.33 bits per heavy atom. The van der Waals surface area contributed by atoms with Gasteiger partial charge >= 0.3 is 0 Å². The van der Waals surface area contributed by atoms with Crippen LogP contribution >= 0.6 is 0 Å². The standard InChI is InChI=1S/C18H22N6O5S/c19-30(28,29)14-4-5-15(16(11-14)24(26)27)20-9-6-18(25)22-13-7-10-23(12-13)17-3-1-2-8-21-17/h1-5,8,11,13,20H,6-7,9-10,12H2,(H,22,25)(H2,19,28,29). The first-order valence-electron chi connectivity index (χ1n) is 9.24. The first-order chi connectivity index (χ1) is 14.2. The molecule has 1 aliphatic heterocycles. The summed E-state index contributed by atoms with van der Waals surface area (Å²) < 4.78 is 22.8. The lowest BCUT2D eigenvalue weighted by molar-refractivity contribution is -0.384. The van der Waals surface area contributed by atoms with E-state index in [1.54, 1.807) is 6.20 Å². The molecule has 0 spiro atoms. The summed E-state index contributed by atoms with van der Waals surface area (Å²) in [6.07, 6.45) is 2.63. The summed E-state index contributed by atoms with van der Waals surface area (Å²) in [6, 6.07) is 9.01. The Kier molecular flexibility index (Phi) is 6.47. The molecule has 0 aliphatic carbocycles. The summed E-state index contributed by atoms with van der Waals surface area (Å²) in [4.78, 5) is 28.8. The average Bonchev–Trinajstić information content (AvgIpc) is 3.16. The zero-order valence-electron chi connectivity index (χ0n) is 16.0. The number of primary sulfonamides is 1. The van der Waals surface area contributed by atoms with E-state index in [4.69, 9.17) is 5.14 Å². The number of nitro groups is 1. The summed E-state index contributed by atoms with van der Waals surface area (Å²) in [7, 11) is -4.05. The second-order valence-corrected chi connectivity index (χ2v) is 8.41. The largest absolute Gasteiger partial charge is 0.379 e. The number of hydrogen-bond donors (Lipinski definition) is 3. The van der Waals surface area contributed by atoms with Gasteiger partial charge in [-0.3, -0.25) is 14.9 Å². The zero-order chi connectivity index (χ0) is 21.7. The van der Waals surface area contributed by atoms with Crippen molar-refractivity contribution in [3.63, 3.8) is 0 Å². The van der Waals surface area contributed by atoms with E-state index in [1.807, 2.05) is 18.2 Å². The molecule has 0 bridgehead atoms. The van der Waals surface area contributed by atoms with Crippen LogP contribution < -0.4 is 20.7 Å². The molecule has 1 amide bonds. The number of benzene rings is 1. The van der Waals surface area contributed by atoms with Gasteiger partial charge in [0.2, 0.25) is 15.9 Å². The minimum absolute atomic E-state index is 0.00267. The highest BCUT2D eigenvalue weighted by atomic mass is 32.2. The summed E-state index contributed by atoms with van der Waals surface area (Å²) in [6.45, 7) is 1.61. The van der Waals surface area contributed by atoms with Gasteiger partial charge in [0.15, 0.2) is 0 Å². The van der Waals surface area contributed by atoms with Crippen molar-refractivity contribution in [3.8, 4) is 0 Å². The van der Waals surface area contributed by atoms with Gasteiger partial charge in [0.05, 0.1) is 9.82 Å². The Bertz CT molecular complexity index is 1030. The van der Waals surface area contributed by atoms with Crippen LogP contribution in [-0.4, -0.2) is 49.9 Å². The van der Waals surface area contributed by atoms with Gasteiger partial charge in [-0.05, 0) is 30.7 Å². The van der Waals surface area contributed by atoms with E-state index in [1.165, 1.54) is 12.1 Å². The molecule has 1 aliphatic rings. The minimum Gasteiger partial charge on any atom is -0.379 e. The normalized spacial score (nSPS) is 16.3. The second-order valence-electron chi connectivity index (χ2n) is 6.84. The molecule has 1 fully saturated rings. The molecule has 0 saturated carbocycles. The number of carbonyl (C=O) groups excluding carboxylic acids is 1. The zero-order valence-corrected chi connectivity index (χ0v) is 16.8. The maximum Gasteiger partial charge on any atom is 0.293 e. The third kappa shape index (κ3) is 5.42. The summed E-state index contributed by atoms with van der Waals surface area (Å²) in [5.74, 6) is 0.686. The molecule has 1 aromatic carbocycles. The monoisotopic (exact) mass is 434 g/mol. The molecular formula is C18H22N6O5S. The van der Waals surface area contributed by atoms with Crippen LogP contribution in [0.4, 0.5) is 17.2 Å². The van der Waals surface area contributed by atoms with Crippen LogP contribution in [0, 0.1) is 10.1 Å². The van der Waals surface area contributed by atoms with Crippen LogP contribution in [0.1, 0.15) is 12.8 Å². The lowest BCUT2D eigenvalue weighted by atomic mass is 10.2. The van der Waals surface area contributed by atoms with Crippen molar-refractivity contribution >= 4 is 33.1 Å². The number of amides is 1. The van der Waals surface area contributed by atoms with E-state index in [-0.39, 0.29) is 35.5 Å². The molecular weight excluding hydrogens is 412 g/mol. The Labute approximate surface area is 173 Å². The van der Waals surface area contributed by atoms with E-state index < -0.39 is 20.6 Å². The predicted molar refractivity (Wildman–Crippen MR) is 111 cm³/mol. The number of rotatable bonds is 8. The molecule has 1 unspecified atom stereocenters. The lowest BCUT2D eigenvalue weighted by Gasteiger charge is -2.17. The molecule has 1 atom stereocenters. The molecule has 12 heteroatoms. The quantitative estimate of drug-likeness (QED) is 0.407. The number of pyridine rings is 1. The van der Waals surface area contributed by atoms with Crippen LogP contribution in [0.5, 0.6) is 0 Å². The number of nitrogens with one attached hydrogen (secondary N) is 2. The molecule has 2 heterocycles. The summed E-state index contributed by atoms with van der Waals surface area (Å²) in [5, 5.41) is 22.0. The number of nitro benzene ring substituents is 1. The van der Waals surface area contributed by atoms with Crippen LogP contribution in [0.25, 0.3) is 0 Å². The van der Waals surface area contributed by atoms with Crippen molar-refractivity contribution in [1.29, 1.82) is 0 Å². The predicted octanol–water partition coefficient (Wildman–Crippen LogP) is 0.834. The Balaban J connectivity index is 1.51. The summed E-state index contributed by atoms with van der Waals surface area (Å²) >= 11 is 0. The number of nitrogens with two attached hydrogens (primary N) is 1. The van der Waals surface area contributed by atoms with Crippen molar-refractivity contribution in [2.24, 2.45) is 5.14 Å². The first kappa shape index (κ1) is 21.5. The highest BCUT2D eigenvalue weighted by Gasteiger charge is 2.24. The van der Waals surface area contributed by atoms with E-state index in [9.17, 15) is 23.3 Å².